The highest BCUT2D eigenvalue weighted by Gasteiger charge is 2.17. The summed E-state index contributed by atoms with van der Waals surface area (Å²) in [7, 11) is 1.62. The van der Waals surface area contributed by atoms with Crippen LogP contribution in [0.1, 0.15) is 5.56 Å². The molecule has 1 amide bonds. The molecule has 0 saturated heterocycles. The van der Waals surface area contributed by atoms with Gasteiger partial charge in [-0.05, 0) is 30.3 Å². The van der Waals surface area contributed by atoms with Gasteiger partial charge in [0.1, 0.15) is 5.75 Å². The maximum Gasteiger partial charge on any atom is 0.250 e. The molecule has 160 valence electrons. The van der Waals surface area contributed by atoms with E-state index in [1.165, 1.54) is 11.8 Å². The number of benzene rings is 2. The van der Waals surface area contributed by atoms with Gasteiger partial charge < -0.3 is 4.74 Å². The number of hydrogen-bond acceptors (Lipinski definition) is 7. The van der Waals surface area contributed by atoms with Crippen LogP contribution >= 0.6 is 11.8 Å². The third-order valence-corrected chi connectivity index (χ3v) is 5.34. The molecule has 0 saturated carbocycles. The third-order valence-electron chi connectivity index (χ3n) is 4.42. The van der Waals surface area contributed by atoms with Gasteiger partial charge in [0.05, 0.1) is 19.1 Å². The molecule has 0 aliphatic rings. The minimum absolute atomic E-state index is 0.132. The molecule has 0 radical (unpaired) electrons. The summed E-state index contributed by atoms with van der Waals surface area (Å²) in [5.41, 5.74) is 5.11. The van der Waals surface area contributed by atoms with Crippen molar-refractivity contribution in [3.63, 3.8) is 0 Å². The lowest BCUT2D eigenvalue weighted by atomic mass is 10.2. The highest BCUT2D eigenvalue weighted by atomic mass is 32.2. The number of amides is 1. The molecule has 0 spiro atoms. The van der Waals surface area contributed by atoms with Crippen molar-refractivity contribution in [2.24, 2.45) is 5.10 Å². The van der Waals surface area contributed by atoms with Crippen molar-refractivity contribution >= 4 is 23.9 Å². The molecule has 0 unspecified atom stereocenters. The highest BCUT2D eigenvalue weighted by molar-refractivity contribution is 7.99. The summed E-state index contributed by atoms with van der Waals surface area (Å²) in [6.45, 7) is 0. The number of thioether (sulfide) groups is 1. The second-order valence-electron chi connectivity index (χ2n) is 6.57. The molecule has 32 heavy (non-hydrogen) atoms. The number of pyridine rings is 1. The fourth-order valence-corrected chi connectivity index (χ4v) is 3.64. The van der Waals surface area contributed by atoms with Crippen LogP contribution in [0, 0.1) is 0 Å². The molecule has 0 atom stereocenters. The average molecular weight is 445 g/mol. The van der Waals surface area contributed by atoms with Gasteiger partial charge in [-0.25, -0.2) is 5.43 Å². The molecule has 0 aliphatic heterocycles. The van der Waals surface area contributed by atoms with Crippen LogP contribution in [0.15, 0.2) is 89.4 Å². The number of nitrogens with one attached hydrogen (secondary N) is 1. The monoisotopic (exact) mass is 444 g/mol. The van der Waals surface area contributed by atoms with Crippen molar-refractivity contribution in [2.45, 2.75) is 5.16 Å². The summed E-state index contributed by atoms with van der Waals surface area (Å²) in [6, 6.07) is 21.0. The highest BCUT2D eigenvalue weighted by Crippen LogP contribution is 2.28. The first-order valence-electron chi connectivity index (χ1n) is 9.74. The molecule has 4 rings (SSSR count). The summed E-state index contributed by atoms with van der Waals surface area (Å²) in [4.78, 5) is 16.3. The van der Waals surface area contributed by atoms with Gasteiger partial charge in [-0.1, -0.05) is 48.2 Å². The van der Waals surface area contributed by atoms with Crippen LogP contribution in [-0.2, 0) is 4.79 Å². The standard InChI is InChI=1S/C23H20N6O2S/c1-31-20-11-9-19(10-12-20)29-22(18-7-3-2-4-8-18)27-28-23(29)32-16-21(30)26-25-15-17-6-5-13-24-14-17/h2-15H,16H2,1H3,(H,26,30). The summed E-state index contributed by atoms with van der Waals surface area (Å²) in [5.74, 6) is 1.32. The molecular formula is C23H20N6O2S. The third kappa shape index (κ3) is 5.19. The topological polar surface area (TPSA) is 94.3 Å². The van der Waals surface area contributed by atoms with Gasteiger partial charge in [-0.2, -0.15) is 5.10 Å². The molecular weight excluding hydrogens is 424 g/mol. The zero-order valence-corrected chi connectivity index (χ0v) is 18.1. The smallest absolute Gasteiger partial charge is 0.250 e. The Morgan fingerprint density at radius 2 is 1.91 bits per heavy atom. The zero-order valence-electron chi connectivity index (χ0n) is 17.3. The average Bonchev–Trinajstić information content (AvgIpc) is 3.28. The molecule has 0 fully saturated rings. The van der Waals surface area contributed by atoms with E-state index in [0.29, 0.717) is 11.0 Å². The lowest BCUT2D eigenvalue weighted by Crippen LogP contribution is -2.20. The van der Waals surface area contributed by atoms with Crippen LogP contribution in [-0.4, -0.2) is 44.7 Å². The van der Waals surface area contributed by atoms with E-state index in [0.717, 1.165) is 22.6 Å². The van der Waals surface area contributed by atoms with Crippen LogP contribution in [0.3, 0.4) is 0 Å². The van der Waals surface area contributed by atoms with E-state index in [9.17, 15) is 4.79 Å². The summed E-state index contributed by atoms with van der Waals surface area (Å²) in [5, 5.41) is 13.3. The SMILES string of the molecule is COc1ccc(-n2c(SCC(=O)NN=Cc3cccnc3)nnc2-c2ccccc2)cc1. The Balaban J connectivity index is 1.52. The van der Waals surface area contributed by atoms with Gasteiger partial charge in [0.2, 0.25) is 0 Å². The Bertz CT molecular complexity index is 1190. The number of aromatic nitrogens is 4. The van der Waals surface area contributed by atoms with E-state index in [4.69, 9.17) is 4.74 Å². The summed E-state index contributed by atoms with van der Waals surface area (Å²) < 4.78 is 7.19. The summed E-state index contributed by atoms with van der Waals surface area (Å²) >= 11 is 1.28. The number of rotatable bonds is 8. The molecule has 2 heterocycles. The zero-order chi connectivity index (χ0) is 22.2. The lowest BCUT2D eigenvalue weighted by molar-refractivity contribution is -0.118. The molecule has 2 aromatic carbocycles. The fourth-order valence-electron chi connectivity index (χ4n) is 2.90. The first kappa shape index (κ1) is 21.3. The number of ether oxygens (including phenoxy) is 1. The van der Waals surface area contributed by atoms with Crippen LogP contribution < -0.4 is 10.2 Å². The minimum Gasteiger partial charge on any atom is -0.497 e. The first-order chi connectivity index (χ1) is 15.7. The van der Waals surface area contributed by atoms with E-state index in [-0.39, 0.29) is 11.7 Å². The molecule has 0 aliphatic carbocycles. The molecule has 8 nitrogen and oxygen atoms in total. The minimum atomic E-state index is -0.249. The van der Waals surface area contributed by atoms with Crippen molar-refractivity contribution in [1.29, 1.82) is 0 Å². The molecule has 0 bridgehead atoms. The second kappa shape index (κ2) is 10.4. The van der Waals surface area contributed by atoms with E-state index in [1.54, 1.807) is 31.8 Å². The predicted octanol–water partition coefficient (Wildman–Crippen LogP) is 3.58. The number of carbonyl (C=O) groups excluding carboxylic acids is 1. The van der Waals surface area contributed by atoms with E-state index < -0.39 is 0 Å². The van der Waals surface area contributed by atoms with E-state index in [2.05, 4.69) is 25.7 Å². The van der Waals surface area contributed by atoms with Crippen molar-refractivity contribution in [3.05, 3.63) is 84.7 Å². The Labute approximate surface area is 189 Å². The van der Waals surface area contributed by atoms with Gasteiger partial charge in [0.15, 0.2) is 11.0 Å². The second-order valence-corrected chi connectivity index (χ2v) is 7.52. The quantitative estimate of drug-likeness (QED) is 0.254. The van der Waals surface area contributed by atoms with Gasteiger partial charge in [0, 0.05) is 29.2 Å². The van der Waals surface area contributed by atoms with Crippen molar-refractivity contribution < 1.29 is 9.53 Å². The van der Waals surface area contributed by atoms with Crippen molar-refractivity contribution in [3.8, 4) is 22.8 Å². The Morgan fingerprint density at radius 3 is 2.62 bits per heavy atom. The number of hydrogen-bond donors (Lipinski definition) is 1. The largest absolute Gasteiger partial charge is 0.497 e. The van der Waals surface area contributed by atoms with E-state index in [1.807, 2.05) is 65.2 Å². The van der Waals surface area contributed by atoms with Gasteiger partial charge in [0.25, 0.3) is 5.91 Å². The van der Waals surface area contributed by atoms with Gasteiger partial charge in [-0.15, -0.1) is 10.2 Å². The Hall–Kier alpha value is -3.98. The maximum absolute atomic E-state index is 12.3. The molecule has 4 aromatic rings. The van der Waals surface area contributed by atoms with Crippen molar-refractivity contribution in [2.75, 3.05) is 12.9 Å². The summed E-state index contributed by atoms with van der Waals surface area (Å²) in [6.07, 6.45) is 4.88. The van der Waals surface area contributed by atoms with Crippen LogP contribution in [0.4, 0.5) is 0 Å². The predicted molar refractivity (Wildman–Crippen MR) is 124 cm³/mol. The molecule has 9 heteroatoms. The number of hydrazone groups is 1. The maximum atomic E-state index is 12.3. The van der Waals surface area contributed by atoms with Crippen LogP contribution in [0.5, 0.6) is 5.75 Å². The lowest BCUT2D eigenvalue weighted by Gasteiger charge is -2.11. The molecule has 2 aromatic heterocycles. The Kier molecular flexibility index (Phi) is 6.88. The van der Waals surface area contributed by atoms with Crippen LogP contribution in [0.25, 0.3) is 17.1 Å². The van der Waals surface area contributed by atoms with Crippen LogP contribution in [0.2, 0.25) is 0 Å². The number of nitrogens with zero attached hydrogens (tertiary/aromatic N) is 5. The molecule has 1 N–H and O–H groups in total. The van der Waals surface area contributed by atoms with Crippen molar-refractivity contribution in [1.82, 2.24) is 25.2 Å². The van der Waals surface area contributed by atoms with Gasteiger partial charge in [-0.3, -0.25) is 14.3 Å². The fraction of sp³-hybridized carbons (Fsp3) is 0.0870. The Morgan fingerprint density at radius 1 is 1.09 bits per heavy atom. The van der Waals surface area contributed by atoms with E-state index >= 15 is 0 Å². The normalized spacial score (nSPS) is 10.9. The number of carbonyl (C=O) groups is 1. The first-order valence-corrected chi connectivity index (χ1v) is 10.7. The van der Waals surface area contributed by atoms with Gasteiger partial charge >= 0.3 is 0 Å². The number of methoxy groups -OCH3 is 1.